The van der Waals surface area contributed by atoms with Crippen molar-refractivity contribution in [2.24, 2.45) is 25.0 Å². The molecule has 0 saturated heterocycles. The molecule has 3 aromatic carbocycles. The number of carbonyl (C=O) groups excluding carboxylic acids is 9. The SMILES string of the molecule is COc1cc2c(cc1OCCCC(=O)Nc1cn(C)c(C(=O)Nc3ccc(-c4cc(C(=O)O)n(C)c4)cc3)n1)N=C[C@@H]1Cc3ccc(NC(=O)C(C)NC(=O)C(NC(=O)CCOCCOCCNC(=O)CCN4C(=O)C=CC4=O)C(C)C)cc3N1C2=O. The summed E-state index contributed by atoms with van der Waals surface area (Å²) >= 11 is 0. The smallest absolute Gasteiger partial charge is 0.352 e. The summed E-state index contributed by atoms with van der Waals surface area (Å²) in [6.45, 7) is 5.90. The topological polar surface area (TPSA) is 342 Å². The molecule has 0 aliphatic carbocycles. The lowest BCUT2D eigenvalue weighted by atomic mass is 10.0. The summed E-state index contributed by atoms with van der Waals surface area (Å²) in [6.07, 6.45) is 7.89. The van der Waals surface area contributed by atoms with Gasteiger partial charge in [-0.05, 0) is 66.8 Å². The number of nitrogens with one attached hydrogen (secondary N) is 6. The number of anilines is 4. The quantitative estimate of drug-likeness (QED) is 0.0264. The molecule has 0 radical (unpaired) electrons. The van der Waals surface area contributed by atoms with E-state index in [-0.39, 0.29) is 124 Å². The maximum atomic E-state index is 14.4. The number of amides is 9. The van der Waals surface area contributed by atoms with Crippen LogP contribution in [0.1, 0.15) is 83.5 Å². The van der Waals surface area contributed by atoms with Gasteiger partial charge in [0.2, 0.25) is 35.4 Å². The van der Waals surface area contributed by atoms with Gasteiger partial charge in [0.1, 0.15) is 17.8 Å². The predicted molar refractivity (Wildman–Crippen MR) is 317 cm³/mol. The molecule has 9 amide bonds. The third-order valence-electron chi connectivity index (χ3n) is 14.2. The zero-order chi connectivity index (χ0) is 62.5. The highest BCUT2D eigenvalue weighted by Crippen LogP contribution is 2.42. The number of ether oxygens (including phenoxy) is 4. The van der Waals surface area contributed by atoms with Gasteiger partial charge in [0.25, 0.3) is 23.6 Å². The number of nitrogens with zero attached hydrogens (tertiary/aromatic N) is 6. The van der Waals surface area contributed by atoms with Gasteiger partial charge in [0, 0.05) is 107 Å². The second-order valence-electron chi connectivity index (χ2n) is 21.0. The summed E-state index contributed by atoms with van der Waals surface area (Å²) in [7, 11) is 4.70. The molecule has 2 aromatic heterocycles. The molecule has 3 atom stereocenters. The van der Waals surface area contributed by atoms with Gasteiger partial charge >= 0.3 is 5.97 Å². The summed E-state index contributed by atoms with van der Waals surface area (Å²) in [4.78, 5) is 139. The van der Waals surface area contributed by atoms with Crippen molar-refractivity contribution in [3.63, 3.8) is 0 Å². The molecule has 5 aromatic rings. The number of benzene rings is 3. The lowest BCUT2D eigenvalue weighted by Crippen LogP contribution is -2.53. The molecule has 7 N–H and O–H groups in total. The first-order valence-electron chi connectivity index (χ1n) is 28.0. The Hall–Kier alpha value is -10.0. The van der Waals surface area contributed by atoms with Crippen molar-refractivity contribution in [1.29, 1.82) is 0 Å². The molecule has 27 heteroatoms. The van der Waals surface area contributed by atoms with E-state index in [9.17, 15) is 53.1 Å². The van der Waals surface area contributed by atoms with E-state index in [0.717, 1.165) is 28.2 Å². The minimum Gasteiger partial charge on any atom is -0.493 e. The van der Waals surface area contributed by atoms with Crippen LogP contribution in [0.4, 0.5) is 28.6 Å². The second kappa shape index (κ2) is 28.7. The third-order valence-corrected chi connectivity index (χ3v) is 14.2. The first-order chi connectivity index (χ1) is 41.7. The Labute approximate surface area is 499 Å². The Morgan fingerprint density at radius 3 is 2.14 bits per heavy atom. The van der Waals surface area contributed by atoms with Gasteiger partial charge in [-0.1, -0.05) is 32.0 Å². The van der Waals surface area contributed by atoms with E-state index in [0.29, 0.717) is 40.5 Å². The maximum absolute atomic E-state index is 14.4. The number of fused-ring (bicyclic) bond motifs is 4. The van der Waals surface area contributed by atoms with Crippen molar-refractivity contribution in [2.45, 2.75) is 71.0 Å². The molecular formula is C60H68N12O15. The van der Waals surface area contributed by atoms with Gasteiger partial charge in [-0.3, -0.25) is 57.9 Å². The van der Waals surface area contributed by atoms with E-state index in [1.54, 1.807) is 99.9 Å². The van der Waals surface area contributed by atoms with E-state index in [1.165, 1.54) is 29.4 Å². The fourth-order valence-electron chi connectivity index (χ4n) is 9.64. The van der Waals surface area contributed by atoms with E-state index in [1.807, 2.05) is 6.07 Å². The lowest BCUT2D eigenvalue weighted by molar-refractivity contribution is -0.137. The van der Waals surface area contributed by atoms with Crippen LogP contribution in [0, 0.1) is 5.92 Å². The molecule has 3 aliphatic rings. The molecule has 0 bridgehead atoms. The monoisotopic (exact) mass is 1200 g/mol. The summed E-state index contributed by atoms with van der Waals surface area (Å²) < 4.78 is 25.6. The van der Waals surface area contributed by atoms with Gasteiger partial charge in [0.15, 0.2) is 17.3 Å². The first kappa shape index (κ1) is 63.0. The van der Waals surface area contributed by atoms with Crippen molar-refractivity contribution < 1.29 is 72.0 Å². The standard InChI is InChI=1S/C60H68N12O15/c1-34(2)54(68-51(75)18-22-85-24-25-86-23-19-61-49(73)17-20-71-52(76)15-16-53(71)77)57(79)63-35(3)56(78)65-40-14-11-37-26-41-31-62-43-30-47(46(84-6)29-42(43)59(81)72(41)44(37)28-40)87-21-7-8-50(74)66-48-33-70(5)55(67-48)58(80)64-39-12-9-36(10-13-39)38-27-45(60(82)83)69(4)32-38/h9-16,27-35,41,54H,7-8,17-26H2,1-6H3,(H,61,73)(H,63,79)(H,64,80)(H,65,78)(H,66,74)(H,68,75)(H,82,83)/t35?,41-,54?/m0/s1. The Balaban J connectivity index is 0.752. The number of aromatic carboxylic acids is 1. The number of hydrogen-bond acceptors (Lipinski definition) is 16. The number of carboxylic acid groups (broad SMARTS) is 1. The van der Waals surface area contributed by atoms with Crippen LogP contribution < -0.4 is 46.3 Å². The maximum Gasteiger partial charge on any atom is 0.352 e. The van der Waals surface area contributed by atoms with Crippen LogP contribution in [0.2, 0.25) is 0 Å². The molecular weight excluding hydrogens is 1130 g/mol. The zero-order valence-corrected chi connectivity index (χ0v) is 48.8. The molecule has 3 aliphatic heterocycles. The fourth-order valence-corrected chi connectivity index (χ4v) is 9.64. The molecule has 2 unspecified atom stereocenters. The second-order valence-corrected chi connectivity index (χ2v) is 21.0. The molecule has 27 nitrogen and oxygen atoms in total. The third kappa shape index (κ3) is 16.0. The summed E-state index contributed by atoms with van der Waals surface area (Å²) in [6, 6.07) is 14.4. The fraction of sp³-hybridized carbons (Fsp3) is 0.367. The molecule has 0 spiro atoms. The normalized spacial score (nSPS) is 14.6. The van der Waals surface area contributed by atoms with Gasteiger partial charge in [-0.25, -0.2) is 9.78 Å². The number of imidazole rings is 1. The molecule has 8 rings (SSSR count). The van der Waals surface area contributed by atoms with Crippen LogP contribution in [0.3, 0.4) is 0 Å². The van der Waals surface area contributed by atoms with Crippen molar-refractivity contribution in [1.82, 2.24) is 35.0 Å². The minimum absolute atomic E-state index is 0.0163. The Bertz CT molecular complexity index is 3520. The van der Waals surface area contributed by atoms with Crippen LogP contribution in [0.15, 0.2) is 90.2 Å². The van der Waals surface area contributed by atoms with E-state index in [2.05, 4.69) is 41.9 Å². The van der Waals surface area contributed by atoms with Crippen LogP contribution in [0.5, 0.6) is 11.5 Å². The lowest BCUT2D eigenvalue weighted by Gasteiger charge is -2.24. The van der Waals surface area contributed by atoms with Gasteiger partial charge < -0.3 is 65.1 Å². The highest BCUT2D eigenvalue weighted by Gasteiger charge is 2.37. The first-order valence-corrected chi connectivity index (χ1v) is 28.0. The van der Waals surface area contributed by atoms with Crippen LogP contribution in [-0.4, -0.2) is 161 Å². The number of imide groups is 1. The number of aromatic nitrogens is 3. The molecule has 0 saturated carbocycles. The average molecular weight is 1200 g/mol. The number of rotatable bonds is 29. The summed E-state index contributed by atoms with van der Waals surface area (Å²) in [5.41, 5.74) is 4.44. The Morgan fingerprint density at radius 1 is 0.713 bits per heavy atom. The van der Waals surface area contributed by atoms with Crippen molar-refractivity contribution in [3.05, 3.63) is 108 Å². The van der Waals surface area contributed by atoms with Gasteiger partial charge in [0.05, 0.1) is 63.1 Å². The molecule has 87 heavy (non-hydrogen) atoms. The number of aliphatic imine (C=N–C) groups is 1. The zero-order valence-electron chi connectivity index (χ0n) is 48.8. The Morgan fingerprint density at radius 2 is 1.44 bits per heavy atom. The number of carbonyl (C=O) groups is 10. The number of carboxylic acids is 1. The van der Waals surface area contributed by atoms with E-state index >= 15 is 0 Å². The highest BCUT2D eigenvalue weighted by molar-refractivity contribution is 6.15. The summed E-state index contributed by atoms with van der Waals surface area (Å²) in [5, 5.41) is 25.8. The Kier molecular flexibility index (Phi) is 20.8. The largest absolute Gasteiger partial charge is 0.493 e. The minimum atomic E-state index is -1.04. The predicted octanol–water partition coefficient (Wildman–Crippen LogP) is 3.91. The van der Waals surface area contributed by atoms with E-state index in [4.69, 9.17) is 18.9 Å². The van der Waals surface area contributed by atoms with Crippen LogP contribution in [-0.2, 0) is 63.6 Å². The average Bonchev–Trinajstić information content (AvgIpc) is 1.72. The molecule has 458 valence electrons. The van der Waals surface area contributed by atoms with Gasteiger partial charge in [-0.15, -0.1) is 0 Å². The molecule has 5 heterocycles. The van der Waals surface area contributed by atoms with E-state index < -0.39 is 59.5 Å². The molecule has 0 fully saturated rings. The van der Waals surface area contributed by atoms with Crippen LogP contribution >= 0.6 is 0 Å². The highest BCUT2D eigenvalue weighted by atomic mass is 16.5. The summed E-state index contributed by atoms with van der Waals surface area (Å²) in [5.74, 6) is -4.65. The van der Waals surface area contributed by atoms with Crippen molar-refractivity contribution >= 4 is 93.9 Å². The number of hydrogen-bond donors (Lipinski definition) is 7. The van der Waals surface area contributed by atoms with Gasteiger partial charge in [-0.2, -0.15) is 0 Å². The van der Waals surface area contributed by atoms with Crippen LogP contribution in [0.25, 0.3) is 11.1 Å². The number of methoxy groups -OCH3 is 1. The number of aryl methyl sites for hydroxylation is 2. The van der Waals surface area contributed by atoms with Crippen molar-refractivity contribution in [2.75, 3.05) is 74.1 Å². The van der Waals surface area contributed by atoms with Crippen molar-refractivity contribution in [3.8, 4) is 22.6 Å².